The molecule has 2 aliphatic rings. The van der Waals surface area contributed by atoms with E-state index in [9.17, 15) is 0 Å². The van der Waals surface area contributed by atoms with Gasteiger partial charge in [-0.25, -0.2) is 0 Å². The highest BCUT2D eigenvalue weighted by molar-refractivity contribution is 9.10. The number of benzene rings is 2. The molecular weight excluding hydrogens is 346 g/mol. The van der Waals surface area contributed by atoms with E-state index < -0.39 is 0 Å². The smallest absolute Gasteiger partial charge is 0.0568 e. The third-order valence-corrected chi connectivity index (χ3v) is 5.59. The standard InChI is InChI=1S/C18H15BrClN/c19-15-9-4-8-13-11-6-3-7-12(11)17(21-18(13)15)14-5-1-2-10-16(14)20/h1-6,8-12,17,21H,7H2/t11-,12+,17+/m0/s1. The van der Waals surface area contributed by atoms with Crippen molar-refractivity contribution in [3.05, 3.63) is 75.2 Å². The van der Waals surface area contributed by atoms with Gasteiger partial charge in [-0.3, -0.25) is 0 Å². The molecule has 0 saturated carbocycles. The van der Waals surface area contributed by atoms with Gasteiger partial charge in [0.1, 0.15) is 0 Å². The van der Waals surface area contributed by atoms with E-state index >= 15 is 0 Å². The Kier molecular flexibility index (Phi) is 3.31. The van der Waals surface area contributed by atoms with Gasteiger partial charge in [0.25, 0.3) is 0 Å². The van der Waals surface area contributed by atoms with Gasteiger partial charge in [0.2, 0.25) is 0 Å². The molecule has 1 N–H and O–H groups in total. The largest absolute Gasteiger partial charge is 0.377 e. The molecule has 2 aromatic rings. The van der Waals surface area contributed by atoms with Crippen LogP contribution < -0.4 is 5.32 Å². The van der Waals surface area contributed by atoms with Gasteiger partial charge >= 0.3 is 0 Å². The average Bonchev–Trinajstić information content (AvgIpc) is 2.97. The predicted octanol–water partition coefficient (Wildman–Crippen LogP) is 5.93. The van der Waals surface area contributed by atoms with Gasteiger partial charge in [0.05, 0.1) is 11.7 Å². The summed E-state index contributed by atoms with van der Waals surface area (Å²) in [5, 5.41) is 4.57. The number of rotatable bonds is 1. The predicted molar refractivity (Wildman–Crippen MR) is 91.9 cm³/mol. The maximum atomic E-state index is 6.44. The molecule has 3 heteroatoms. The van der Waals surface area contributed by atoms with Crippen LogP contribution in [-0.2, 0) is 0 Å². The van der Waals surface area contributed by atoms with Crippen LogP contribution in [0.1, 0.15) is 29.5 Å². The highest BCUT2D eigenvalue weighted by Crippen LogP contribution is 2.52. The lowest BCUT2D eigenvalue weighted by Gasteiger charge is -2.38. The number of para-hydroxylation sites is 1. The van der Waals surface area contributed by atoms with Gasteiger partial charge in [-0.1, -0.05) is 54.1 Å². The number of hydrogen-bond acceptors (Lipinski definition) is 1. The highest BCUT2D eigenvalue weighted by Gasteiger charge is 2.38. The lowest BCUT2D eigenvalue weighted by Crippen LogP contribution is -2.29. The molecule has 21 heavy (non-hydrogen) atoms. The molecule has 3 atom stereocenters. The Labute approximate surface area is 138 Å². The van der Waals surface area contributed by atoms with Crippen LogP contribution in [0.25, 0.3) is 0 Å². The Morgan fingerprint density at radius 1 is 1.05 bits per heavy atom. The minimum Gasteiger partial charge on any atom is -0.377 e. The summed E-state index contributed by atoms with van der Waals surface area (Å²) in [5.74, 6) is 1.01. The highest BCUT2D eigenvalue weighted by atomic mass is 79.9. The third kappa shape index (κ3) is 2.13. The van der Waals surface area contributed by atoms with Crippen molar-refractivity contribution in [2.45, 2.75) is 18.4 Å². The quantitative estimate of drug-likeness (QED) is 0.622. The van der Waals surface area contributed by atoms with Crippen LogP contribution in [0.3, 0.4) is 0 Å². The molecule has 1 aliphatic heterocycles. The molecule has 0 unspecified atom stereocenters. The summed E-state index contributed by atoms with van der Waals surface area (Å²) >= 11 is 10.1. The molecule has 106 valence electrons. The second-order valence-electron chi connectivity index (χ2n) is 5.70. The average molecular weight is 361 g/mol. The molecular formula is C18H15BrClN. The Hall–Kier alpha value is -1.25. The zero-order valence-electron chi connectivity index (χ0n) is 11.4. The minimum atomic E-state index is 0.255. The number of hydrogen-bond donors (Lipinski definition) is 1. The zero-order chi connectivity index (χ0) is 14.4. The summed E-state index contributed by atoms with van der Waals surface area (Å²) in [4.78, 5) is 0. The van der Waals surface area contributed by atoms with Crippen LogP contribution in [0.4, 0.5) is 5.69 Å². The van der Waals surface area contributed by atoms with E-state index in [1.807, 2.05) is 12.1 Å². The Balaban J connectivity index is 1.85. The van der Waals surface area contributed by atoms with Crippen molar-refractivity contribution < 1.29 is 0 Å². The Bertz CT molecular complexity index is 725. The maximum Gasteiger partial charge on any atom is 0.0568 e. The van der Waals surface area contributed by atoms with E-state index in [0.717, 1.165) is 15.9 Å². The molecule has 0 fully saturated rings. The van der Waals surface area contributed by atoms with Gasteiger partial charge in [0, 0.05) is 15.4 Å². The summed E-state index contributed by atoms with van der Waals surface area (Å²) in [6.45, 7) is 0. The molecule has 0 spiro atoms. The summed E-state index contributed by atoms with van der Waals surface area (Å²) in [7, 11) is 0. The van der Waals surface area contributed by atoms with Gasteiger partial charge in [-0.15, -0.1) is 0 Å². The molecule has 0 bridgehead atoms. The first kappa shape index (κ1) is 13.4. The van der Waals surface area contributed by atoms with Crippen LogP contribution >= 0.6 is 27.5 Å². The molecule has 1 heterocycles. The number of fused-ring (bicyclic) bond motifs is 3. The van der Waals surface area contributed by atoms with Crippen molar-refractivity contribution in [3.8, 4) is 0 Å². The van der Waals surface area contributed by atoms with E-state index in [2.05, 4.69) is 63.7 Å². The second-order valence-corrected chi connectivity index (χ2v) is 6.96. The fourth-order valence-corrected chi connectivity index (χ4v) is 4.37. The molecule has 0 saturated heterocycles. The summed E-state index contributed by atoms with van der Waals surface area (Å²) in [6, 6.07) is 14.9. The molecule has 0 amide bonds. The van der Waals surface area contributed by atoms with Gasteiger partial charge in [-0.05, 0) is 51.5 Å². The SMILES string of the molecule is Clc1ccccc1[C@@H]1Nc2c(Br)cccc2[C@H]2C=CC[C@H]21. The van der Waals surface area contributed by atoms with Crippen LogP contribution in [0.5, 0.6) is 0 Å². The molecule has 1 aliphatic carbocycles. The first-order valence-electron chi connectivity index (χ1n) is 7.22. The normalized spacial score (nSPS) is 26.1. The number of anilines is 1. The van der Waals surface area contributed by atoms with Gasteiger partial charge in [0.15, 0.2) is 0 Å². The van der Waals surface area contributed by atoms with Crippen molar-refractivity contribution in [2.24, 2.45) is 5.92 Å². The number of allylic oxidation sites excluding steroid dienone is 2. The zero-order valence-corrected chi connectivity index (χ0v) is 13.7. The summed E-state index contributed by atoms with van der Waals surface area (Å²) in [6.07, 6.45) is 5.75. The molecule has 0 radical (unpaired) electrons. The van der Waals surface area contributed by atoms with E-state index in [1.165, 1.54) is 16.8 Å². The van der Waals surface area contributed by atoms with Crippen molar-refractivity contribution in [1.82, 2.24) is 0 Å². The van der Waals surface area contributed by atoms with Crippen molar-refractivity contribution in [2.75, 3.05) is 5.32 Å². The van der Waals surface area contributed by atoms with Gasteiger partial charge in [-0.2, -0.15) is 0 Å². The summed E-state index contributed by atoms with van der Waals surface area (Å²) < 4.78 is 1.12. The van der Waals surface area contributed by atoms with Crippen molar-refractivity contribution in [3.63, 3.8) is 0 Å². The van der Waals surface area contributed by atoms with E-state index in [1.54, 1.807) is 0 Å². The van der Waals surface area contributed by atoms with E-state index in [0.29, 0.717) is 11.8 Å². The van der Waals surface area contributed by atoms with Crippen LogP contribution in [-0.4, -0.2) is 0 Å². The number of halogens is 2. The minimum absolute atomic E-state index is 0.255. The molecule has 1 nitrogen and oxygen atoms in total. The fourth-order valence-electron chi connectivity index (χ4n) is 3.62. The first-order valence-corrected chi connectivity index (χ1v) is 8.39. The Morgan fingerprint density at radius 2 is 1.86 bits per heavy atom. The van der Waals surface area contributed by atoms with Crippen LogP contribution in [0.15, 0.2) is 59.1 Å². The van der Waals surface area contributed by atoms with Crippen LogP contribution in [0, 0.1) is 5.92 Å². The molecule has 2 aromatic carbocycles. The van der Waals surface area contributed by atoms with Crippen molar-refractivity contribution >= 4 is 33.2 Å². The second kappa shape index (κ2) is 5.19. The monoisotopic (exact) mass is 359 g/mol. The third-order valence-electron chi connectivity index (χ3n) is 4.59. The summed E-state index contributed by atoms with van der Waals surface area (Å²) in [5.41, 5.74) is 3.78. The maximum absolute atomic E-state index is 6.44. The topological polar surface area (TPSA) is 12.0 Å². The van der Waals surface area contributed by atoms with Crippen LogP contribution in [0.2, 0.25) is 5.02 Å². The van der Waals surface area contributed by atoms with E-state index in [-0.39, 0.29) is 6.04 Å². The fraction of sp³-hybridized carbons (Fsp3) is 0.222. The Morgan fingerprint density at radius 3 is 2.71 bits per heavy atom. The lowest BCUT2D eigenvalue weighted by molar-refractivity contribution is 0.425. The number of nitrogens with one attached hydrogen (secondary N) is 1. The lowest BCUT2D eigenvalue weighted by atomic mass is 9.77. The van der Waals surface area contributed by atoms with Gasteiger partial charge < -0.3 is 5.32 Å². The molecule has 0 aromatic heterocycles. The first-order chi connectivity index (χ1) is 10.3. The van der Waals surface area contributed by atoms with E-state index in [4.69, 9.17) is 11.6 Å². The molecule has 4 rings (SSSR count). The van der Waals surface area contributed by atoms with Crippen molar-refractivity contribution in [1.29, 1.82) is 0 Å².